The van der Waals surface area contributed by atoms with Gasteiger partial charge in [0.15, 0.2) is 11.5 Å². The number of para-hydroxylation sites is 1. The maximum absolute atomic E-state index is 13.0. The second kappa shape index (κ2) is 10.3. The van der Waals surface area contributed by atoms with E-state index in [0.717, 1.165) is 22.9 Å². The van der Waals surface area contributed by atoms with Crippen molar-refractivity contribution in [3.8, 4) is 11.5 Å². The summed E-state index contributed by atoms with van der Waals surface area (Å²) in [6, 6.07) is 19.8. The summed E-state index contributed by atoms with van der Waals surface area (Å²) in [4.78, 5) is 27.0. The molecule has 0 saturated carbocycles. The lowest BCUT2D eigenvalue weighted by Gasteiger charge is -2.14. The van der Waals surface area contributed by atoms with Crippen molar-refractivity contribution in [2.45, 2.75) is 13.2 Å². The molecule has 2 amide bonds. The topological polar surface area (TPSA) is 55.8 Å². The van der Waals surface area contributed by atoms with E-state index in [1.54, 1.807) is 55.7 Å². The maximum atomic E-state index is 13.0. The van der Waals surface area contributed by atoms with Gasteiger partial charge in [-0.15, -0.1) is 0 Å². The minimum absolute atomic E-state index is 0.176. The van der Waals surface area contributed by atoms with Gasteiger partial charge in [0.25, 0.3) is 11.1 Å². The van der Waals surface area contributed by atoms with Crippen molar-refractivity contribution in [1.82, 2.24) is 4.90 Å². The van der Waals surface area contributed by atoms with Gasteiger partial charge in [-0.1, -0.05) is 59.6 Å². The number of carbonyl (C=O) groups excluding carboxylic acids is 2. The fraction of sp³-hybridized carbons (Fsp3) is 0.120. The monoisotopic (exact) mass is 499 g/mol. The van der Waals surface area contributed by atoms with E-state index in [0.29, 0.717) is 32.0 Å². The van der Waals surface area contributed by atoms with Crippen LogP contribution >= 0.6 is 35.0 Å². The van der Waals surface area contributed by atoms with Gasteiger partial charge in [-0.05, 0) is 59.3 Å². The first-order chi connectivity index (χ1) is 15.9. The van der Waals surface area contributed by atoms with Gasteiger partial charge in [-0.3, -0.25) is 14.5 Å². The molecule has 0 radical (unpaired) electrons. The number of nitrogens with zero attached hydrogens (tertiary/aromatic N) is 1. The van der Waals surface area contributed by atoms with E-state index in [-0.39, 0.29) is 24.3 Å². The van der Waals surface area contributed by atoms with E-state index in [4.69, 9.17) is 32.7 Å². The zero-order chi connectivity index (χ0) is 23.4. The van der Waals surface area contributed by atoms with Crippen molar-refractivity contribution >= 4 is 52.2 Å². The molecule has 0 N–H and O–H groups in total. The molecule has 8 heteroatoms. The average molecular weight is 500 g/mol. The summed E-state index contributed by atoms with van der Waals surface area (Å²) in [7, 11) is 1.55. The first kappa shape index (κ1) is 23.2. The number of hydrogen-bond acceptors (Lipinski definition) is 5. The highest BCUT2D eigenvalue weighted by atomic mass is 35.5. The lowest BCUT2D eigenvalue weighted by Crippen LogP contribution is -2.27. The molecule has 0 aliphatic carbocycles. The van der Waals surface area contributed by atoms with E-state index in [1.165, 1.54) is 4.90 Å². The Morgan fingerprint density at radius 1 is 0.939 bits per heavy atom. The highest BCUT2D eigenvalue weighted by molar-refractivity contribution is 8.18. The molecular formula is C25H19Cl2NO4S. The van der Waals surface area contributed by atoms with E-state index >= 15 is 0 Å². The molecule has 0 aromatic heterocycles. The molecule has 0 unspecified atom stereocenters. The number of methoxy groups -OCH3 is 1. The number of ether oxygens (including phenoxy) is 2. The Bertz CT molecular complexity index is 1230. The molecular weight excluding hydrogens is 481 g/mol. The molecule has 0 spiro atoms. The summed E-state index contributed by atoms with van der Waals surface area (Å²) in [6.45, 7) is 0.440. The molecule has 33 heavy (non-hydrogen) atoms. The molecule has 3 aromatic carbocycles. The second-order valence-electron chi connectivity index (χ2n) is 7.19. The number of rotatable bonds is 7. The van der Waals surface area contributed by atoms with Crippen LogP contribution in [0.2, 0.25) is 10.0 Å². The molecule has 5 nitrogen and oxygen atoms in total. The Balaban J connectivity index is 1.58. The normalized spacial score (nSPS) is 14.8. The van der Waals surface area contributed by atoms with Gasteiger partial charge >= 0.3 is 0 Å². The molecule has 168 valence electrons. The Hall–Kier alpha value is -2.93. The van der Waals surface area contributed by atoms with Crippen LogP contribution in [-0.2, 0) is 17.9 Å². The summed E-state index contributed by atoms with van der Waals surface area (Å²) in [6.07, 6.45) is 1.66. The zero-order valence-electron chi connectivity index (χ0n) is 17.6. The van der Waals surface area contributed by atoms with Crippen molar-refractivity contribution in [2.75, 3.05) is 7.11 Å². The maximum Gasteiger partial charge on any atom is 0.293 e. The molecule has 0 bridgehead atoms. The SMILES string of the molecule is COc1cccc(/C=C2\SC(=O)N(Cc3ccc(Cl)cc3)C2=O)c1OCc1cccc(Cl)c1. The summed E-state index contributed by atoms with van der Waals surface area (Å²) < 4.78 is 11.5. The van der Waals surface area contributed by atoms with E-state index in [9.17, 15) is 9.59 Å². The molecule has 4 rings (SSSR count). The molecule has 0 atom stereocenters. The highest BCUT2D eigenvalue weighted by Crippen LogP contribution is 2.38. The lowest BCUT2D eigenvalue weighted by molar-refractivity contribution is -0.123. The summed E-state index contributed by atoms with van der Waals surface area (Å²) in [5, 5.41) is 0.882. The smallest absolute Gasteiger partial charge is 0.293 e. The Morgan fingerprint density at radius 2 is 1.70 bits per heavy atom. The van der Waals surface area contributed by atoms with Gasteiger partial charge in [-0.2, -0.15) is 0 Å². The van der Waals surface area contributed by atoms with Crippen LogP contribution in [0.4, 0.5) is 4.79 Å². The Morgan fingerprint density at radius 3 is 2.42 bits per heavy atom. The number of imide groups is 1. The Labute approximate surface area is 205 Å². The number of benzene rings is 3. The van der Waals surface area contributed by atoms with Gasteiger partial charge in [0.05, 0.1) is 18.6 Å². The van der Waals surface area contributed by atoms with Crippen LogP contribution < -0.4 is 9.47 Å². The van der Waals surface area contributed by atoms with Crippen molar-refractivity contribution in [3.05, 3.63) is 98.4 Å². The number of thioether (sulfide) groups is 1. The third-order valence-electron chi connectivity index (χ3n) is 4.92. The van der Waals surface area contributed by atoms with Crippen molar-refractivity contribution in [3.63, 3.8) is 0 Å². The fourth-order valence-electron chi connectivity index (χ4n) is 3.29. The zero-order valence-corrected chi connectivity index (χ0v) is 19.9. The molecule has 3 aromatic rings. The standard InChI is InChI=1S/C25H19Cl2NO4S/c1-31-21-7-3-5-18(23(21)32-15-17-4-2-6-20(27)12-17)13-22-24(29)28(25(30)33-22)14-16-8-10-19(26)11-9-16/h2-13H,14-15H2,1H3/b22-13-. The van der Waals surface area contributed by atoms with Crippen LogP contribution in [0.15, 0.2) is 71.6 Å². The fourth-order valence-corrected chi connectivity index (χ4v) is 4.46. The van der Waals surface area contributed by atoms with Crippen LogP contribution in [0.1, 0.15) is 16.7 Å². The van der Waals surface area contributed by atoms with Crippen LogP contribution in [0.5, 0.6) is 11.5 Å². The molecule has 1 aliphatic rings. The van der Waals surface area contributed by atoms with Crippen molar-refractivity contribution in [2.24, 2.45) is 0 Å². The van der Waals surface area contributed by atoms with Gasteiger partial charge in [0, 0.05) is 15.6 Å². The second-order valence-corrected chi connectivity index (χ2v) is 9.06. The predicted molar refractivity (Wildman–Crippen MR) is 132 cm³/mol. The largest absolute Gasteiger partial charge is 0.493 e. The van der Waals surface area contributed by atoms with Gasteiger partial charge in [-0.25, -0.2) is 0 Å². The molecule has 1 aliphatic heterocycles. The quantitative estimate of drug-likeness (QED) is 0.334. The highest BCUT2D eigenvalue weighted by Gasteiger charge is 2.35. The first-order valence-corrected chi connectivity index (χ1v) is 11.6. The third kappa shape index (κ3) is 5.53. The van der Waals surface area contributed by atoms with Gasteiger partial charge in [0.1, 0.15) is 6.61 Å². The molecule has 1 saturated heterocycles. The van der Waals surface area contributed by atoms with Crippen molar-refractivity contribution in [1.29, 1.82) is 0 Å². The summed E-state index contributed by atoms with van der Waals surface area (Å²) >= 11 is 12.9. The van der Waals surface area contributed by atoms with Crippen molar-refractivity contribution < 1.29 is 19.1 Å². The average Bonchev–Trinajstić information content (AvgIpc) is 3.06. The molecule has 1 fully saturated rings. The van der Waals surface area contributed by atoms with E-state index < -0.39 is 0 Å². The third-order valence-corrected chi connectivity index (χ3v) is 6.31. The number of amides is 2. The number of carbonyl (C=O) groups is 2. The van der Waals surface area contributed by atoms with E-state index in [1.807, 2.05) is 24.3 Å². The molecule has 1 heterocycles. The van der Waals surface area contributed by atoms with Gasteiger partial charge < -0.3 is 9.47 Å². The number of hydrogen-bond donors (Lipinski definition) is 0. The van der Waals surface area contributed by atoms with Crippen LogP contribution in [0.3, 0.4) is 0 Å². The van der Waals surface area contributed by atoms with Crippen LogP contribution in [0.25, 0.3) is 6.08 Å². The lowest BCUT2D eigenvalue weighted by atomic mass is 10.1. The van der Waals surface area contributed by atoms with E-state index in [2.05, 4.69) is 0 Å². The minimum Gasteiger partial charge on any atom is -0.493 e. The number of halogens is 2. The minimum atomic E-state index is -0.358. The Kier molecular flexibility index (Phi) is 7.28. The summed E-state index contributed by atoms with van der Waals surface area (Å²) in [5.41, 5.74) is 2.34. The predicted octanol–water partition coefficient (Wildman–Crippen LogP) is 6.82. The first-order valence-electron chi connectivity index (χ1n) is 9.98. The summed E-state index contributed by atoms with van der Waals surface area (Å²) in [5.74, 6) is 0.638. The van der Waals surface area contributed by atoms with Gasteiger partial charge in [0.2, 0.25) is 0 Å². The van der Waals surface area contributed by atoms with Crippen LogP contribution in [-0.4, -0.2) is 23.2 Å². The van der Waals surface area contributed by atoms with Crippen LogP contribution in [0, 0.1) is 0 Å².